The van der Waals surface area contributed by atoms with E-state index in [4.69, 9.17) is 5.73 Å². The fourth-order valence-electron chi connectivity index (χ4n) is 2.00. The van der Waals surface area contributed by atoms with Crippen LogP contribution in [0.4, 0.5) is 5.69 Å². The van der Waals surface area contributed by atoms with Crippen LogP contribution in [0.3, 0.4) is 0 Å². The lowest BCUT2D eigenvalue weighted by molar-refractivity contribution is 0.710. The molecule has 2 N–H and O–H groups in total. The quantitative estimate of drug-likeness (QED) is 0.737. The van der Waals surface area contributed by atoms with Crippen molar-refractivity contribution in [2.45, 2.75) is 6.54 Å². The third kappa shape index (κ3) is 1.99. The normalized spacial score (nSPS) is 10.9. The third-order valence-corrected chi connectivity index (χ3v) is 3.69. The number of nitrogens with two attached hydrogens (primary N) is 1. The summed E-state index contributed by atoms with van der Waals surface area (Å²) in [6.07, 6.45) is 1.89. The van der Waals surface area contributed by atoms with E-state index in [0.717, 1.165) is 33.2 Å². The van der Waals surface area contributed by atoms with Gasteiger partial charge in [-0.3, -0.25) is 4.68 Å². The standard InChI is InChI=1S/C14H12BrN3/c15-13-7-12(16)6-5-11(13)9-18-14-4-2-1-3-10(14)8-17-18/h1-8H,9,16H2. The van der Waals surface area contributed by atoms with E-state index < -0.39 is 0 Å². The van der Waals surface area contributed by atoms with E-state index in [1.165, 1.54) is 0 Å². The van der Waals surface area contributed by atoms with Crippen molar-refractivity contribution in [2.75, 3.05) is 5.73 Å². The zero-order valence-corrected chi connectivity index (χ0v) is 11.3. The fourth-order valence-corrected chi connectivity index (χ4v) is 2.53. The van der Waals surface area contributed by atoms with Crippen LogP contribution >= 0.6 is 15.9 Å². The maximum atomic E-state index is 5.74. The van der Waals surface area contributed by atoms with E-state index in [1.54, 1.807) is 0 Å². The van der Waals surface area contributed by atoms with Gasteiger partial charge in [-0.05, 0) is 23.8 Å². The van der Waals surface area contributed by atoms with Gasteiger partial charge >= 0.3 is 0 Å². The van der Waals surface area contributed by atoms with Crippen LogP contribution in [0.5, 0.6) is 0 Å². The Morgan fingerprint density at radius 1 is 1.17 bits per heavy atom. The van der Waals surface area contributed by atoms with Crippen molar-refractivity contribution in [2.24, 2.45) is 0 Å². The molecule has 90 valence electrons. The van der Waals surface area contributed by atoms with Crippen LogP contribution < -0.4 is 5.73 Å². The van der Waals surface area contributed by atoms with E-state index in [-0.39, 0.29) is 0 Å². The molecule has 18 heavy (non-hydrogen) atoms. The minimum absolute atomic E-state index is 0.731. The first-order valence-electron chi connectivity index (χ1n) is 5.68. The molecule has 3 nitrogen and oxygen atoms in total. The van der Waals surface area contributed by atoms with Crippen molar-refractivity contribution in [1.82, 2.24) is 9.78 Å². The van der Waals surface area contributed by atoms with Crippen molar-refractivity contribution in [3.05, 3.63) is 58.7 Å². The number of halogens is 1. The molecule has 0 fully saturated rings. The van der Waals surface area contributed by atoms with E-state index in [1.807, 2.05) is 41.2 Å². The van der Waals surface area contributed by atoms with Gasteiger partial charge in [0.25, 0.3) is 0 Å². The molecule has 0 spiro atoms. The van der Waals surface area contributed by atoms with Crippen molar-refractivity contribution in [3.8, 4) is 0 Å². The average Bonchev–Trinajstić information content (AvgIpc) is 2.76. The fraction of sp³-hybridized carbons (Fsp3) is 0.0714. The number of aromatic nitrogens is 2. The Morgan fingerprint density at radius 2 is 2.00 bits per heavy atom. The van der Waals surface area contributed by atoms with Crippen molar-refractivity contribution >= 4 is 32.5 Å². The average molecular weight is 302 g/mol. The summed E-state index contributed by atoms with van der Waals surface area (Å²) in [6.45, 7) is 0.731. The Morgan fingerprint density at radius 3 is 2.83 bits per heavy atom. The summed E-state index contributed by atoms with van der Waals surface area (Å²) in [7, 11) is 0. The van der Waals surface area contributed by atoms with Gasteiger partial charge in [-0.15, -0.1) is 0 Å². The molecule has 0 bridgehead atoms. The molecule has 0 aliphatic carbocycles. The minimum atomic E-state index is 0.731. The Kier molecular flexibility index (Phi) is 2.80. The van der Waals surface area contributed by atoms with Crippen LogP contribution in [0, 0.1) is 0 Å². The highest BCUT2D eigenvalue weighted by molar-refractivity contribution is 9.10. The van der Waals surface area contributed by atoms with Gasteiger partial charge in [0.15, 0.2) is 0 Å². The van der Waals surface area contributed by atoms with E-state index in [0.29, 0.717) is 0 Å². The SMILES string of the molecule is Nc1ccc(Cn2ncc3ccccc32)c(Br)c1. The summed E-state index contributed by atoms with van der Waals surface area (Å²) in [4.78, 5) is 0. The Balaban J connectivity index is 2.01. The first-order chi connectivity index (χ1) is 8.74. The van der Waals surface area contributed by atoms with Crippen molar-refractivity contribution in [1.29, 1.82) is 0 Å². The molecule has 0 saturated heterocycles. The summed E-state index contributed by atoms with van der Waals surface area (Å²) in [5.74, 6) is 0. The number of para-hydroxylation sites is 1. The number of nitrogen functional groups attached to an aromatic ring is 1. The number of hydrogen-bond donors (Lipinski definition) is 1. The smallest absolute Gasteiger partial charge is 0.0686 e. The second-order valence-electron chi connectivity index (χ2n) is 4.21. The summed E-state index contributed by atoms with van der Waals surface area (Å²) in [5, 5.41) is 5.58. The Labute approximate surface area is 113 Å². The summed E-state index contributed by atoms with van der Waals surface area (Å²) in [6, 6.07) is 14.0. The number of anilines is 1. The van der Waals surface area contributed by atoms with Crippen LogP contribution in [0.1, 0.15) is 5.56 Å². The highest BCUT2D eigenvalue weighted by Crippen LogP contribution is 2.22. The molecule has 3 aromatic rings. The lowest BCUT2D eigenvalue weighted by Crippen LogP contribution is -2.02. The van der Waals surface area contributed by atoms with Crippen LogP contribution in [-0.2, 0) is 6.54 Å². The first kappa shape index (κ1) is 11.3. The van der Waals surface area contributed by atoms with Gasteiger partial charge in [0, 0.05) is 15.5 Å². The molecule has 0 unspecified atom stereocenters. The maximum absolute atomic E-state index is 5.74. The molecule has 1 heterocycles. The Bertz CT molecular complexity index is 703. The van der Waals surface area contributed by atoms with Gasteiger partial charge in [0.2, 0.25) is 0 Å². The van der Waals surface area contributed by atoms with Crippen LogP contribution in [0.15, 0.2) is 53.1 Å². The number of hydrogen-bond acceptors (Lipinski definition) is 2. The summed E-state index contributed by atoms with van der Waals surface area (Å²) >= 11 is 3.54. The summed E-state index contributed by atoms with van der Waals surface area (Å²) in [5.41, 5.74) is 8.80. The molecule has 4 heteroatoms. The van der Waals surface area contributed by atoms with Gasteiger partial charge in [-0.2, -0.15) is 5.10 Å². The lowest BCUT2D eigenvalue weighted by Gasteiger charge is -2.07. The van der Waals surface area contributed by atoms with E-state index in [2.05, 4.69) is 33.2 Å². The second kappa shape index (κ2) is 4.46. The lowest BCUT2D eigenvalue weighted by atomic mass is 10.2. The molecule has 0 saturated carbocycles. The molecule has 3 rings (SSSR count). The van der Waals surface area contributed by atoms with E-state index in [9.17, 15) is 0 Å². The van der Waals surface area contributed by atoms with Crippen LogP contribution in [0.25, 0.3) is 10.9 Å². The molecule has 1 aromatic heterocycles. The van der Waals surface area contributed by atoms with Gasteiger partial charge in [-0.1, -0.05) is 40.2 Å². The first-order valence-corrected chi connectivity index (χ1v) is 6.48. The Hall–Kier alpha value is -1.81. The monoisotopic (exact) mass is 301 g/mol. The highest BCUT2D eigenvalue weighted by atomic mass is 79.9. The van der Waals surface area contributed by atoms with Crippen LogP contribution in [-0.4, -0.2) is 9.78 Å². The topological polar surface area (TPSA) is 43.8 Å². The summed E-state index contributed by atoms with van der Waals surface area (Å²) < 4.78 is 3.01. The second-order valence-corrected chi connectivity index (χ2v) is 5.07. The van der Waals surface area contributed by atoms with Gasteiger partial charge in [-0.25, -0.2) is 0 Å². The predicted molar refractivity (Wildman–Crippen MR) is 77.4 cm³/mol. The molecule has 2 aromatic carbocycles. The zero-order valence-electron chi connectivity index (χ0n) is 9.68. The number of benzene rings is 2. The highest BCUT2D eigenvalue weighted by Gasteiger charge is 2.05. The molecule has 0 amide bonds. The van der Waals surface area contributed by atoms with Crippen LogP contribution in [0.2, 0.25) is 0 Å². The largest absolute Gasteiger partial charge is 0.399 e. The molecular weight excluding hydrogens is 290 g/mol. The zero-order chi connectivity index (χ0) is 12.5. The van der Waals surface area contributed by atoms with Gasteiger partial charge in [0.1, 0.15) is 0 Å². The number of fused-ring (bicyclic) bond motifs is 1. The number of nitrogens with zero attached hydrogens (tertiary/aromatic N) is 2. The van der Waals surface area contributed by atoms with E-state index >= 15 is 0 Å². The van der Waals surface area contributed by atoms with Gasteiger partial charge < -0.3 is 5.73 Å². The third-order valence-electron chi connectivity index (χ3n) is 2.95. The van der Waals surface area contributed by atoms with Crippen molar-refractivity contribution < 1.29 is 0 Å². The van der Waals surface area contributed by atoms with Crippen molar-refractivity contribution in [3.63, 3.8) is 0 Å². The molecular formula is C14H12BrN3. The van der Waals surface area contributed by atoms with Gasteiger partial charge in [0.05, 0.1) is 18.3 Å². The molecule has 0 radical (unpaired) electrons. The molecule has 0 aliphatic rings. The molecule has 0 atom stereocenters. The minimum Gasteiger partial charge on any atom is -0.399 e. The number of rotatable bonds is 2. The molecule has 0 aliphatic heterocycles. The maximum Gasteiger partial charge on any atom is 0.0686 e. The predicted octanol–water partition coefficient (Wildman–Crippen LogP) is 3.43.